The van der Waals surface area contributed by atoms with Gasteiger partial charge in [-0.25, -0.2) is 0 Å². The highest BCUT2D eigenvalue weighted by molar-refractivity contribution is 8.01. The minimum absolute atomic E-state index is 0.158. The summed E-state index contributed by atoms with van der Waals surface area (Å²) in [6, 6.07) is 71.0. The van der Waals surface area contributed by atoms with Gasteiger partial charge in [0.25, 0.3) is 0 Å². The molecule has 4 heteroatoms. The fraction of sp³-hybridized carbons (Fsp3) is 0.0492. The third kappa shape index (κ3) is 5.64. The van der Waals surface area contributed by atoms with Crippen LogP contribution in [0.3, 0.4) is 0 Å². The molecule has 0 spiro atoms. The first-order valence-corrected chi connectivity index (χ1v) is 24.4. The van der Waals surface area contributed by atoms with Crippen molar-refractivity contribution >= 4 is 106 Å². The molecule has 1 atom stereocenters. The maximum Gasteiger partial charge on any atom is 0.247 e. The number of nitrogens with zero attached hydrogens (tertiary/aromatic N) is 1. The number of para-hydroxylation sites is 2. The SMILES string of the molecule is CC1C=CC(c2ccc(-c3c4ccccc4c(-c4cc5c6c(c4)Sc4cc(-n7c8ccccc8c8ccccc87)ccc4B6c4ccccc4S5)c4ccccc34)c3ccccc23)=CC1. The summed E-state index contributed by atoms with van der Waals surface area (Å²) in [6.45, 7) is 2.45. The van der Waals surface area contributed by atoms with Crippen LogP contribution in [0.15, 0.2) is 226 Å². The topological polar surface area (TPSA) is 4.93 Å². The highest BCUT2D eigenvalue weighted by Crippen LogP contribution is 2.49. The predicted octanol–water partition coefficient (Wildman–Crippen LogP) is 15.0. The molecule has 0 N–H and O–H groups in total. The van der Waals surface area contributed by atoms with Crippen LogP contribution >= 0.6 is 23.5 Å². The Morgan fingerprint density at radius 1 is 0.462 bits per heavy atom. The Morgan fingerprint density at radius 3 is 1.63 bits per heavy atom. The van der Waals surface area contributed by atoms with Crippen LogP contribution in [-0.4, -0.2) is 11.3 Å². The molecule has 2 aliphatic heterocycles. The molecule has 304 valence electrons. The average molecular weight is 862 g/mol. The number of rotatable bonds is 4. The van der Waals surface area contributed by atoms with Gasteiger partial charge in [-0.2, -0.15) is 0 Å². The highest BCUT2D eigenvalue weighted by atomic mass is 32.2. The Hall–Kier alpha value is -6.98. The van der Waals surface area contributed by atoms with Crippen molar-refractivity contribution in [2.24, 2.45) is 5.92 Å². The third-order valence-corrected chi connectivity index (χ3v) is 16.5. The second-order valence-corrected chi connectivity index (χ2v) is 20.1. The summed E-state index contributed by atoms with van der Waals surface area (Å²) in [5, 5.41) is 10.3. The van der Waals surface area contributed by atoms with Gasteiger partial charge in [0, 0.05) is 36.0 Å². The van der Waals surface area contributed by atoms with Gasteiger partial charge in [0.1, 0.15) is 0 Å². The number of hydrogen-bond donors (Lipinski definition) is 0. The molecule has 65 heavy (non-hydrogen) atoms. The fourth-order valence-electron chi connectivity index (χ4n) is 11.3. The van der Waals surface area contributed by atoms with E-state index in [0.717, 1.165) is 6.42 Å². The number of fused-ring (bicyclic) bond motifs is 10. The first-order chi connectivity index (χ1) is 32.2. The van der Waals surface area contributed by atoms with Crippen LogP contribution in [0.5, 0.6) is 0 Å². The normalized spacial score (nSPS) is 15.1. The molecule has 3 aliphatic rings. The van der Waals surface area contributed by atoms with Crippen LogP contribution in [0.25, 0.3) is 87.6 Å². The molecule has 11 aromatic rings. The summed E-state index contributed by atoms with van der Waals surface area (Å²) in [5.74, 6) is 0.574. The smallest absolute Gasteiger partial charge is 0.247 e. The standard InChI is InChI=1S/C61H40BNS2/c1-37-26-28-38(29-27-37)41-31-32-50(43-15-3-2-14-42(41)43)60-48-20-6-4-18-46(48)59(47-19-5-7-21-49(47)60)39-34-57-61-58(35-39)65-56-36-40(30-33-52(56)62(61)51-22-10-13-25-55(51)64-57)63-53-23-11-8-16-44(53)45-17-9-12-24-54(45)63/h2-26,28-37H,27H2,1H3. The molecular weight excluding hydrogens is 822 g/mol. The summed E-state index contributed by atoms with van der Waals surface area (Å²) >= 11 is 3.88. The van der Waals surface area contributed by atoms with E-state index in [2.05, 4.69) is 218 Å². The van der Waals surface area contributed by atoms with E-state index in [1.54, 1.807) is 0 Å². The number of aromatic nitrogens is 1. The molecule has 1 aromatic heterocycles. The Labute approximate surface area is 387 Å². The lowest BCUT2D eigenvalue weighted by atomic mass is 9.36. The van der Waals surface area contributed by atoms with Gasteiger partial charge in [0.05, 0.1) is 11.0 Å². The largest absolute Gasteiger partial charge is 0.309 e. The van der Waals surface area contributed by atoms with E-state index in [9.17, 15) is 0 Å². The van der Waals surface area contributed by atoms with Gasteiger partial charge in [-0.05, 0) is 126 Å². The predicted molar refractivity (Wildman–Crippen MR) is 281 cm³/mol. The van der Waals surface area contributed by atoms with Gasteiger partial charge in [0.15, 0.2) is 0 Å². The lowest BCUT2D eigenvalue weighted by Crippen LogP contribution is -2.58. The summed E-state index contributed by atoms with van der Waals surface area (Å²) in [4.78, 5) is 5.36. The van der Waals surface area contributed by atoms with Crippen molar-refractivity contribution in [3.8, 4) is 27.9 Å². The monoisotopic (exact) mass is 861 g/mol. The van der Waals surface area contributed by atoms with Gasteiger partial charge in [0.2, 0.25) is 6.71 Å². The third-order valence-electron chi connectivity index (χ3n) is 14.2. The lowest BCUT2D eigenvalue weighted by molar-refractivity contribution is 0.739. The van der Waals surface area contributed by atoms with Crippen LogP contribution in [0.2, 0.25) is 0 Å². The number of hydrogen-bond acceptors (Lipinski definition) is 2. The van der Waals surface area contributed by atoms with Gasteiger partial charge in [-0.3, -0.25) is 0 Å². The van der Waals surface area contributed by atoms with E-state index in [-0.39, 0.29) is 6.71 Å². The van der Waals surface area contributed by atoms with E-state index in [4.69, 9.17) is 0 Å². The molecule has 1 unspecified atom stereocenters. The van der Waals surface area contributed by atoms with Crippen molar-refractivity contribution in [1.29, 1.82) is 0 Å². The van der Waals surface area contributed by atoms with E-state index in [1.165, 1.54) is 129 Å². The van der Waals surface area contributed by atoms with E-state index < -0.39 is 0 Å². The van der Waals surface area contributed by atoms with Gasteiger partial charge >= 0.3 is 0 Å². The fourth-order valence-corrected chi connectivity index (χ4v) is 13.9. The quantitative estimate of drug-likeness (QED) is 0.128. The minimum atomic E-state index is 0.158. The summed E-state index contributed by atoms with van der Waals surface area (Å²) in [5.41, 5.74) is 15.7. The summed E-state index contributed by atoms with van der Waals surface area (Å²) < 4.78 is 2.45. The van der Waals surface area contributed by atoms with Crippen molar-refractivity contribution in [3.05, 3.63) is 212 Å². The van der Waals surface area contributed by atoms with Crippen molar-refractivity contribution in [1.82, 2.24) is 4.57 Å². The molecule has 0 amide bonds. The van der Waals surface area contributed by atoms with Crippen LogP contribution in [0, 0.1) is 5.92 Å². The average Bonchev–Trinajstić information content (AvgIpc) is 3.69. The molecule has 0 saturated heterocycles. The first kappa shape index (κ1) is 37.4. The molecule has 0 saturated carbocycles. The summed E-state index contributed by atoms with van der Waals surface area (Å²) in [7, 11) is 0. The Kier molecular flexibility index (Phi) is 8.36. The van der Waals surface area contributed by atoms with Crippen molar-refractivity contribution in [3.63, 3.8) is 0 Å². The first-order valence-electron chi connectivity index (χ1n) is 22.8. The maximum atomic E-state index is 2.52. The van der Waals surface area contributed by atoms with Gasteiger partial charge in [-0.15, -0.1) is 0 Å². The molecule has 1 aliphatic carbocycles. The Balaban J connectivity index is 0.981. The van der Waals surface area contributed by atoms with E-state index in [1.807, 2.05) is 23.5 Å². The second kappa shape index (κ2) is 14.5. The van der Waals surface area contributed by atoms with Crippen molar-refractivity contribution in [2.45, 2.75) is 32.9 Å². The number of benzene rings is 10. The maximum absolute atomic E-state index is 2.52. The highest BCUT2D eigenvalue weighted by Gasteiger charge is 2.39. The summed E-state index contributed by atoms with van der Waals surface area (Å²) in [6.07, 6.45) is 8.16. The molecule has 1 nitrogen and oxygen atoms in total. The Bertz CT molecular complexity index is 3800. The second-order valence-electron chi connectivity index (χ2n) is 17.9. The molecule has 3 heterocycles. The molecule has 14 rings (SSSR count). The zero-order chi connectivity index (χ0) is 42.8. The van der Waals surface area contributed by atoms with E-state index >= 15 is 0 Å². The minimum Gasteiger partial charge on any atom is -0.309 e. The zero-order valence-corrected chi connectivity index (χ0v) is 37.4. The zero-order valence-electron chi connectivity index (χ0n) is 35.8. The molecule has 0 fully saturated rings. The number of allylic oxidation sites excluding steroid dienone is 4. The lowest BCUT2D eigenvalue weighted by Gasteiger charge is -2.33. The van der Waals surface area contributed by atoms with E-state index in [0.29, 0.717) is 5.92 Å². The van der Waals surface area contributed by atoms with Crippen LogP contribution in [-0.2, 0) is 0 Å². The molecule has 10 aromatic carbocycles. The molecule has 0 radical (unpaired) electrons. The Morgan fingerprint density at radius 2 is 0.985 bits per heavy atom. The van der Waals surface area contributed by atoms with Crippen molar-refractivity contribution in [2.75, 3.05) is 0 Å². The van der Waals surface area contributed by atoms with Crippen molar-refractivity contribution < 1.29 is 0 Å². The van der Waals surface area contributed by atoms with Crippen LogP contribution < -0.4 is 16.4 Å². The van der Waals surface area contributed by atoms with Gasteiger partial charge < -0.3 is 4.57 Å². The van der Waals surface area contributed by atoms with Crippen LogP contribution in [0.4, 0.5) is 0 Å². The van der Waals surface area contributed by atoms with Gasteiger partial charge in [-0.1, -0.05) is 205 Å². The van der Waals surface area contributed by atoms with Crippen LogP contribution in [0.1, 0.15) is 18.9 Å². The molecular formula is C61H40BNS2. The molecule has 0 bridgehead atoms.